The van der Waals surface area contributed by atoms with Crippen LogP contribution in [0.5, 0.6) is 0 Å². The molecule has 5 N–H and O–H groups in total. The van der Waals surface area contributed by atoms with Crippen molar-refractivity contribution < 1.29 is 79.8 Å². The molecule has 0 radical (unpaired) electrons. The molecular weight excluding hydrogens is 707 g/mol. The highest BCUT2D eigenvalue weighted by atomic mass is 31.3. The number of rotatable bonds is 13. The Morgan fingerprint density at radius 3 is 2.37 bits per heavy atom. The van der Waals surface area contributed by atoms with Crippen molar-refractivity contribution in [1.29, 1.82) is 0 Å². The van der Waals surface area contributed by atoms with Crippen LogP contribution in [0.15, 0.2) is 12.7 Å². The Balaban J connectivity index is 1.45. The Bertz CT molecular complexity index is 1630. The molecule has 2 aliphatic rings. The summed E-state index contributed by atoms with van der Waals surface area (Å²) in [6.07, 6.45) is -10.8. The lowest BCUT2D eigenvalue weighted by atomic mass is 9.81. The number of hydrogen-bond acceptors (Lipinski definition) is 18. The van der Waals surface area contributed by atoms with Gasteiger partial charge < -0.3 is 44.3 Å². The number of fused-ring (bicyclic) bond motifs is 1. The summed E-state index contributed by atoms with van der Waals surface area (Å²) < 4.78 is 82.8. The van der Waals surface area contributed by atoms with Crippen molar-refractivity contribution in [2.45, 2.75) is 83.8 Å². The molecule has 2 aromatic rings. The van der Waals surface area contributed by atoms with Gasteiger partial charge in [-0.25, -0.2) is 28.5 Å². The summed E-state index contributed by atoms with van der Waals surface area (Å²) in [4.78, 5) is 67.6. The van der Waals surface area contributed by atoms with Crippen molar-refractivity contribution in [1.82, 2.24) is 19.5 Å². The van der Waals surface area contributed by atoms with E-state index in [1.165, 1.54) is 0 Å². The van der Waals surface area contributed by atoms with Crippen LogP contribution in [0.3, 0.4) is 0 Å². The average Bonchev–Trinajstić information content (AvgIpc) is 3.54. The summed E-state index contributed by atoms with van der Waals surface area (Å²) in [5, 5.41) is 10.5. The largest absolute Gasteiger partial charge is 0.483 e. The summed E-state index contributed by atoms with van der Waals surface area (Å²) in [5.74, 6) is -3.71. The number of phosphoric acid groups is 2. The lowest BCUT2D eigenvalue weighted by molar-refractivity contribution is -0.270. The molecule has 24 heteroatoms. The van der Waals surface area contributed by atoms with Gasteiger partial charge in [-0.1, -0.05) is 13.8 Å². The van der Waals surface area contributed by atoms with E-state index in [0.717, 1.165) is 38.0 Å². The Kier molecular flexibility index (Phi) is 12.1. The van der Waals surface area contributed by atoms with E-state index in [0.29, 0.717) is 0 Å². The molecule has 2 fully saturated rings. The van der Waals surface area contributed by atoms with Gasteiger partial charge >= 0.3 is 33.6 Å². The molecule has 12 atom stereocenters. The van der Waals surface area contributed by atoms with Crippen LogP contribution in [0.2, 0.25) is 0 Å². The van der Waals surface area contributed by atoms with Gasteiger partial charge in [0, 0.05) is 26.7 Å². The number of aliphatic hydroxyl groups is 1. The number of nitrogens with zero attached hydrogens (tertiary/aromatic N) is 4. The number of phosphoric ester groups is 2. The maximum absolute atomic E-state index is 15.0. The first-order chi connectivity index (χ1) is 22.8. The lowest BCUT2D eigenvalue weighted by Gasteiger charge is -2.45. The molecule has 4 rings (SSSR count). The Morgan fingerprint density at radius 2 is 1.73 bits per heavy atom. The minimum Gasteiger partial charge on any atom is -0.462 e. The highest BCUT2D eigenvalue weighted by molar-refractivity contribution is 7.61. The molecule has 274 valence electrons. The van der Waals surface area contributed by atoms with E-state index >= 15 is 4.39 Å². The van der Waals surface area contributed by atoms with Gasteiger partial charge in [0.05, 0.1) is 12.9 Å². The van der Waals surface area contributed by atoms with Crippen molar-refractivity contribution in [3.63, 3.8) is 0 Å². The predicted molar refractivity (Wildman–Crippen MR) is 157 cm³/mol. The van der Waals surface area contributed by atoms with Crippen molar-refractivity contribution in [3.8, 4) is 0 Å². The fourth-order valence-electron chi connectivity index (χ4n) is 5.28. The summed E-state index contributed by atoms with van der Waals surface area (Å²) in [7, 11) is -11.2. The minimum atomic E-state index is -5.67. The molecule has 0 aliphatic carbocycles. The third kappa shape index (κ3) is 9.34. The first-order valence-electron chi connectivity index (χ1n) is 14.5. The van der Waals surface area contributed by atoms with Gasteiger partial charge in [0.25, 0.3) is 0 Å². The zero-order valence-electron chi connectivity index (χ0n) is 26.6. The topological polar surface area (TPSA) is 290 Å². The van der Waals surface area contributed by atoms with Crippen LogP contribution in [0, 0.1) is 11.8 Å². The van der Waals surface area contributed by atoms with Crippen LogP contribution in [0.25, 0.3) is 11.2 Å². The lowest BCUT2D eigenvalue weighted by Crippen LogP contribution is -2.56. The van der Waals surface area contributed by atoms with Crippen molar-refractivity contribution in [3.05, 3.63) is 12.7 Å². The monoisotopic (exact) mass is 743 g/mol. The summed E-state index contributed by atoms with van der Waals surface area (Å²) in [6, 6.07) is 0. The van der Waals surface area contributed by atoms with Gasteiger partial charge in [0.2, 0.25) is 6.29 Å². The maximum Gasteiger partial charge on any atom is 0.483 e. The van der Waals surface area contributed by atoms with E-state index < -0.39 is 108 Å². The van der Waals surface area contributed by atoms with Gasteiger partial charge in [-0.2, -0.15) is 4.31 Å². The van der Waals surface area contributed by atoms with E-state index in [9.17, 15) is 38.4 Å². The van der Waals surface area contributed by atoms with Gasteiger partial charge in [-0.3, -0.25) is 28.0 Å². The second-order valence-corrected chi connectivity index (χ2v) is 14.2. The average molecular weight is 744 g/mol. The molecule has 0 amide bonds. The number of aliphatic hydroxyl groups excluding tert-OH is 1. The summed E-state index contributed by atoms with van der Waals surface area (Å²) in [5.41, 5.74) is 5.98. The summed E-state index contributed by atoms with van der Waals surface area (Å²) in [6.45, 7) is 4.83. The van der Waals surface area contributed by atoms with Crippen LogP contribution in [-0.2, 0) is 60.6 Å². The number of hydrogen-bond donors (Lipinski definition) is 4. The molecule has 2 saturated heterocycles. The maximum atomic E-state index is 15.0. The molecule has 0 aromatic carbocycles. The number of anilines is 1. The molecule has 0 saturated carbocycles. The van der Waals surface area contributed by atoms with Crippen LogP contribution in [-0.4, -0.2) is 109 Å². The van der Waals surface area contributed by atoms with Crippen molar-refractivity contribution >= 4 is 50.5 Å². The number of nitrogens with two attached hydrogens (primary N) is 1. The number of esters is 3. The third-order valence-corrected chi connectivity index (χ3v) is 10.3. The highest BCUT2D eigenvalue weighted by Gasteiger charge is 2.52. The standard InChI is InChI=1S/C25H36FN5O16P2/c1-10-11(2)21(43-14(5)34)25(45-20(10)16(42-13(4)33)6-40-12(3)32)46-49(38,39)47-48(36,37)41-7-15-17(26)19(35)24(44-15)31-9-30-18-22(27)28-8-29-23(18)31/h8-11,15-17,19-21,24-25,35H,6-7H2,1-5H3,(H,36,37)(H,38,39)(H2,27,28,29)/t10-,11-,15+,16+,17-,19?,20?,21?,24+,25-/m0/s1. The number of carbonyl (C=O) groups excluding carboxylic acids is 3. The van der Waals surface area contributed by atoms with Gasteiger partial charge in [-0.15, -0.1) is 0 Å². The number of halogens is 1. The minimum absolute atomic E-state index is 0.00504. The smallest absolute Gasteiger partial charge is 0.462 e. The molecule has 2 aromatic heterocycles. The van der Waals surface area contributed by atoms with Gasteiger partial charge in [0.15, 0.2) is 36.1 Å². The number of aromatic nitrogens is 4. The van der Waals surface area contributed by atoms with Crippen molar-refractivity contribution in [2.75, 3.05) is 18.9 Å². The quantitative estimate of drug-likeness (QED) is 0.125. The molecule has 49 heavy (non-hydrogen) atoms. The Morgan fingerprint density at radius 1 is 1.04 bits per heavy atom. The number of ether oxygens (including phenoxy) is 5. The number of alkyl halides is 1. The number of carbonyl (C=O) groups is 3. The number of nitrogen functional groups attached to an aromatic ring is 1. The highest BCUT2D eigenvalue weighted by Crippen LogP contribution is 2.62. The second kappa shape index (κ2) is 15.4. The van der Waals surface area contributed by atoms with E-state index in [4.69, 9.17) is 38.5 Å². The number of imidazole rings is 1. The Hall–Kier alpha value is -3.17. The molecule has 21 nitrogen and oxygen atoms in total. The van der Waals surface area contributed by atoms with E-state index in [2.05, 4.69) is 19.3 Å². The third-order valence-electron chi connectivity index (χ3n) is 7.66. The fraction of sp³-hybridized carbons (Fsp3) is 0.680. The van der Waals surface area contributed by atoms with Crippen molar-refractivity contribution in [2.24, 2.45) is 11.8 Å². The van der Waals surface area contributed by atoms with E-state index in [1.54, 1.807) is 13.8 Å². The second-order valence-electron chi connectivity index (χ2n) is 11.2. The van der Waals surface area contributed by atoms with Crippen LogP contribution in [0.4, 0.5) is 10.2 Å². The van der Waals surface area contributed by atoms with Crippen LogP contribution in [0.1, 0.15) is 40.8 Å². The van der Waals surface area contributed by atoms with Crippen LogP contribution < -0.4 is 5.73 Å². The molecule has 4 heterocycles. The Labute approximate surface area is 277 Å². The first kappa shape index (κ1) is 38.6. The SMILES string of the molecule is CC(=O)OC[C@@H](OC(C)=O)C1O[C@@H](OP(=O)(O)OP(=O)(O)OC[C@H]2O[C@@H](n3cnc4c(N)ncnc43)C(O)[C@H]2F)C(OC(C)=O)[C@@H](C)[C@@H]1C. The van der Waals surface area contributed by atoms with Gasteiger partial charge in [0.1, 0.15) is 36.8 Å². The van der Waals surface area contributed by atoms with E-state index in [-0.39, 0.29) is 17.0 Å². The molecule has 0 bridgehead atoms. The summed E-state index contributed by atoms with van der Waals surface area (Å²) >= 11 is 0. The van der Waals surface area contributed by atoms with Gasteiger partial charge in [-0.05, 0) is 5.92 Å². The van der Waals surface area contributed by atoms with Crippen LogP contribution >= 0.6 is 15.6 Å². The molecule has 5 unspecified atom stereocenters. The molecular formula is C25H36FN5O16P2. The fourth-order valence-corrected chi connectivity index (χ4v) is 7.43. The van der Waals surface area contributed by atoms with E-state index in [1.807, 2.05) is 0 Å². The zero-order chi connectivity index (χ0) is 36.4. The predicted octanol–water partition coefficient (Wildman–Crippen LogP) is 0.679. The normalized spacial score (nSPS) is 31.7. The molecule has 2 aliphatic heterocycles. The first-order valence-corrected chi connectivity index (χ1v) is 17.5. The zero-order valence-corrected chi connectivity index (χ0v) is 28.4. The molecule has 0 spiro atoms.